The number of hydrogen-bond donors (Lipinski definition) is 2. The molecule has 2 N–H and O–H groups in total. The minimum absolute atomic E-state index is 0. The first-order chi connectivity index (χ1) is 7.00. The molecule has 0 aliphatic heterocycles. The second-order valence-electron chi connectivity index (χ2n) is 2.56. The van der Waals surface area contributed by atoms with Gasteiger partial charge in [-0.2, -0.15) is 43.2 Å². The van der Waals surface area contributed by atoms with Gasteiger partial charge in [0, 0.05) is 0 Å². The van der Waals surface area contributed by atoms with Gasteiger partial charge in [-0.1, -0.05) is 0 Å². The second kappa shape index (κ2) is 7.49. The smallest absolute Gasteiger partial charge is 1.00 e. The van der Waals surface area contributed by atoms with E-state index in [0.717, 1.165) is 0 Å². The van der Waals surface area contributed by atoms with Crippen LogP contribution in [-0.4, -0.2) is 42.4 Å². The molecule has 0 rings (SSSR count). The molecule has 0 aromatic rings. The second-order valence-corrected chi connectivity index (χ2v) is 5.95. The molecule has 0 aromatic carbocycles. The van der Waals surface area contributed by atoms with Gasteiger partial charge in [-0.05, 0) is 0 Å². The summed E-state index contributed by atoms with van der Waals surface area (Å²) in [6.45, 7) is 0. The van der Waals surface area contributed by atoms with Gasteiger partial charge in [-0.15, -0.1) is 0 Å². The Labute approximate surface area is 191 Å². The van der Waals surface area contributed by atoms with Crippen LogP contribution in [0, 0.1) is 0 Å². The summed E-state index contributed by atoms with van der Waals surface area (Å²) in [5.41, 5.74) is 0. The summed E-state index contributed by atoms with van der Waals surface area (Å²) < 4.78 is 122. The largest absolute Gasteiger partial charge is 1.00 e. The minimum Gasteiger partial charge on any atom is -1.00 e. The zero-order valence-corrected chi connectivity index (χ0v) is 17.0. The van der Waals surface area contributed by atoms with E-state index < -0.39 is 36.7 Å². The van der Waals surface area contributed by atoms with E-state index in [-0.39, 0.29) is 106 Å². The van der Waals surface area contributed by atoms with E-state index in [1.165, 1.54) is 0 Å². The van der Waals surface area contributed by atoms with E-state index in [1.807, 2.05) is 0 Å². The van der Waals surface area contributed by atoms with Crippen molar-refractivity contribution in [3.8, 4) is 0 Å². The molecule has 0 amide bonds. The van der Waals surface area contributed by atoms with Crippen molar-refractivity contribution in [3.63, 3.8) is 0 Å². The third-order valence-corrected chi connectivity index (χ3v) is 5.12. The molecule has 0 atom stereocenters. The molecule has 0 saturated carbocycles. The molecular weight excluding hydrogens is 388 g/mol. The minimum atomic E-state index is -7.29. The summed E-state index contributed by atoms with van der Waals surface area (Å²) in [7, 11) is -14.6. The number of hydrogen-bond acceptors (Lipinski definition) is 4. The molecule has 16 heteroatoms. The fourth-order valence-corrected chi connectivity index (χ4v) is 3.11. The summed E-state index contributed by atoms with van der Waals surface area (Å²) >= 11 is 0. The standard InChI is InChI=1S/C3H2F6O6S2.2K.2H/c4-2(5,6)1(3(7,8)9,16(10,11)12)17(13,14)15;;;;/h(H,10,11,12)(H,13,14,15);;;;/q;2*+1;2*-1. The van der Waals surface area contributed by atoms with Gasteiger partial charge in [0.05, 0.1) is 0 Å². The fraction of sp³-hybridized carbons (Fsp3) is 1.00. The van der Waals surface area contributed by atoms with Crippen molar-refractivity contribution >= 4 is 20.2 Å². The monoisotopic (exact) mass is 392 g/mol. The summed E-state index contributed by atoms with van der Waals surface area (Å²) in [5.74, 6) is 0. The van der Waals surface area contributed by atoms with E-state index in [2.05, 4.69) is 0 Å². The summed E-state index contributed by atoms with van der Waals surface area (Å²) in [5, 5.41) is 0. The van der Waals surface area contributed by atoms with Crippen LogP contribution in [0.25, 0.3) is 0 Å². The van der Waals surface area contributed by atoms with Gasteiger partial charge in [-0.3, -0.25) is 9.11 Å². The Bertz CT molecular complexity index is 466. The third-order valence-electron chi connectivity index (χ3n) is 1.47. The quantitative estimate of drug-likeness (QED) is 0.276. The maximum Gasteiger partial charge on any atom is 1.00 e. The molecule has 0 saturated heterocycles. The Morgan fingerprint density at radius 2 is 0.842 bits per heavy atom. The molecule has 0 bridgehead atoms. The topological polar surface area (TPSA) is 109 Å². The van der Waals surface area contributed by atoms with Crippen LogP contribution >= 0.6 is 0 Å². The molecule has 108 valence electrons. The van der Waals surface area contributed by atoms with Crippen LogP contribution in [0.5, 0.6) is 0 Å². The van der Waals surface area contributed by atoms with Gasteiger partial charge in [0.25, 0.3) is 0 Å². The molecule has 6 nitrogen and oxygen atoms in total. The maximum absolute atomic E-state index is 12.1. The summed E-state index contributed by atoms with van der Waals surface area (Å²) in [6, 6.07) is 0. The average Bonchev–Trinajstić information content (AvgIpc) is 1.67. The Kier molecular flexibility index (Phi) is 10.5. The van der Waals surface area contributed by atoms with Crippen molar-refractivity contribution < 1.29 is 158 Å². The summed E-state index contributed by atoms with van der Waals surface area (Å²) in [4.78, 5) is 0. The molecule has 0 unspecified atom stereocenters. The summed E-state index contributed by atoms with van der Waals surface area (Å²) in [6.07, 6.45) is -14.1. The Morgan fingerprint density at radius 3 is 0.842 bits per heavy atom. The van der Waals surface area contributed by atoms with E-state index in [4.69, 9.17) is 9.11 Å². The Morgan fingerprint density at radius 1 is 0.684 bits per heavy atom. The van der Waals surface area contributed by atoms with Crippen LogP contribution < -0.4 is 103 Å². The van der Waals surface area contributed by atoms with Crippen LogP contribution in [0.4, 0.5) is 26.3 Å². The molecule has 0 heterocycles. The van der Waals surface area contributed by atoms with Crippen LogP contribution in [0.2, 0.25) is 0 Å². The van der Waals surface area contributed by atoms with Crippen molar-refractivity contribution in [2.45, 2.75) is 16.4 Å². The molecule has 0 aliphatic carbocycles. The van der Waals surface area contributed by atoms with Gasteiger partial charge in [-0.25, -0.2) is 0 Å². The first-order valence-corrected chi connectivity index (χ1v) is 5.95. The van der Waals surface area contributed by atoms with Gasteiger partial charge in [0.15, 0.2) is 0 Å². The van der Waals surface area contributed by atoms with Gasteiger partial charge in [0.2, 0.25) is 0 Å². The predicted molar refractivity (Wildman–Crippen MR) is 40.2 cm³/mol. The van der Waals surface area contributed by atoms with Crippen LogP contribution in [-0.2, 0) is 20.2 Å². The predicted octanol–water partition coefficient (Wildman–Crippen LogP) is -5.18. The van der Waals surface area contributed by atoms with Crippen molar-refractivity contribution in [1.29, 1.82) is 0 Å². The van der Waals surface area contributed by atoms with Crippen LogP contribution in [0.1, 0.15) is 2.85 Å². The molecule has 0 aliphatic rings. The zero-order valence-electron chi connectivity index (χ0n) is 11.1. The van der Waals surface area contributed by atoms with Crippen LogP contribution in [0.3, 0.4) is 0 Å². The first kappa shape index (κ1) is 26.6. The average molecular weight is 392 g/mol. The van der Waals surface area contributed by atoms with E-state index in [1.54, 1.807) is 0 Å². The molecule has 0 radical (unpaired) electrons. The normalized spacial score (nSPS) is 14.3. The van der Waals surface area contributed by atoms with E-state index >= 15 is 0 Å². The Balaban J connectivity index is -0.000000213. The van der Waals surface area contributed by atoms with Gasteiger partial charge >= 0.3 is 139 Å². The molecular formula is C3H4F6K2O6S2. The van der Waals surface area contributed by atoms with Crippen molar-refractivity contribution in [2.24, 2.45) is 0 Å². The van der Waals surface area contributed by atoms with E-state index in [0.29, 0.717) is 0 Å². The number of rotatable bonds is 2. The molecule has 0 aromatic heterocycles. The van der Waals surface area contributed by atoms with Gasteiger partial charge in [0.1, 0.15) is 0 Å². The van der Waals surface area contributed by atoms with Crippen LogP contribution in [0.15, 0.2) is 0 Å². The van der Waals surface area contributed by atoms with Crippen molar-refractivity contribution in [2.75, 3.05) is 0 Å². The first-order valence-electron chi connectivity index (χ1n) is 3.07. The van der Waals surface area contributed by atoms with E-state index in [9.17, 15) is 43.2 Å². The fourth-order valence-electron chi connectivity index (χ4n) is 0.879. The Hall–Kier alpha value is 2.67. The maximum atomic E-state index is 12.1. The molecule has 0 spiro atoms. The number of halogens is 6. The SMILES string of the molecule is O=S(=O)(O)C(C(F)(F)F)(C(F)(F)F)S(=O)(=O)O.[H-].[H-].[K+].[K+]. The number of alkyl halides is 6. The van der Waals surface area contributed by atoms with Gasteiger partial charge < -0.3 is 2.85 Å². The third kappa shape index (κ3) is 4.82. The molecule has 0 fully saturated rings. The van der Waals surface area contributed by atoms with Crippen molar-refractivity contribution in [3.05, 3.63) is 0 Å². The van der Waals surface area contributed by atoms with Crippen molar-refractivity contribution in [1.82, 2.24) is 0 Å². The zero-order chi connectivity index (χ0) is 14.5. The molecule has 19 heavy (non-hydrogen) atoms.